The maximum Gasteiger partial charge on any atom is -0.0167 e. The summed E-state index contributed by atoms with van der Waals surface area (Å²) in [5, 5.41) is 0. The normalized spacial score (nSPS) is 47.7. The Hall–Kier alpha value is 0.860. The molecule has 0 radical (unpaired) electrons. The molecule has 22 heavy (non-hydrogen) atoms. The van der Waals surface area contributed by atoms with Gasteiger partial charge in [0.2, 0.25) is 0 Å². The van der Waals surface area contributed by atoms with Gasteiger partial charge in [-0.3, -0.25) is 0 Å². The summed E-state index contributed by atoms with van der Waals surface area (Å²) in [5.74, 6) is 0. The van der Waals surface area contributed by atoms with Gasteiger partial charge in [0.1, 0.15) is 0 Å². The van der Waals surface area contributed by atoms with Gasteiger partial charge in [0.25, 0.3) is 0 Å². The fraction of sp³-hybridized carbons (Fsp3) is 1.00. The number of fused-ring (bicyclic) bond motifs is 4. The van der Waals surface area contributed by atoms with Crippen LogP contribution >= 0.6 is 15.8 Å². The van der Waals surface area contributed by atoms with Crippen molar-refractivity contribution in [2.24, 2.45) is 0 Å². The van der Waals surface area contributed by atoms with Crippen LogP contribution < -0.4 is 0 Å². The molecule has 126 valence electrons. The molecule has 4 saturated heterocycles. The van der Waals surface area contributed by atoms with E-state index in [-0.39, 0.29) is 0 Å². The maximum atomic E-state index is 2.72. The Kier molecular flexibility index (Phi) is 5.20. The molecule has 0 saturated carbocycles. The third-order valence-corrected chi connectivity index (χ3v) is 16.1. The second-order valence-corrected chi connectivity index (χ2v) is 15.1. The lowest BCUT2D eigenvalue weighted by molar-refractivity contribution is 0.463. The predicted octanol–water partition coefficient (Wildman–Crippen LogP) is 6.94. The molecule has 0 aromatic rings. The van der Waals surface area contributed by atoms with Gasteiger partial charge in [0, 0.05) is 0 Å². The molecule has 4 bridgehead atoms. The molecule has 4 rings (SSSR count). The Morgan fingerprint density at radius 3 is 0.955 bits per heavy atom. The second kappa shape index (κ2) is 7.00. The van der Waals surface area contributed by atoms with Gasteiger partial charge >= 0.3 is 0 Å². The van der Waals surface area contributed by atoms with E-state index < -0.39 is 0 Å². The highest BCUT2D eigenvalue weighted by atomic mass is 31.1. The quantitative estimate of drug-likeness (QED) is 0.489. The van der Waals surface area contributed by atoms with E-state index in [0.29, 0.717) is 15.8 Å². The highest BCUT2D eigenvalue weighted by molar-refractivity contribution is 7.64. The molecular formula is C20H36P2. The Balaban J connectivity index is 1.50. The summed E-state index contributed by atoms with van der Waals surface area (Å²) in [7, 11) is 0.724. The van der Waals surface area contributed by atoms with Crippen molar-refractivity contribution in [2.45, 2.75) is 125 Å². The van der Waals surface area contributed by atoms with Crippen LogP contribution in [0, 0.1) is 0 Å². The molecule has 0 N–H and O–H groups in total. The molecule has 0 aromatic carbocycles. The molecule has 0 unspecified atom stereocenters. The van der Waals surface area contributed by atoms with Crippen molar-refractivity contribution in [3.05, 3.63) is 0 Å². The van der Waals surface area contributed by atoms with E-state index in [2.05, 4.69) is 13.8 Å². The Morgan fingerprint density at radius 2 is 0.727 bits per heavy atom. The van der Waals surface area contributed by atoms with Crippen LogP contribution in [0.2, 0.25) is 0 Å². The lowest BCUT2D eigenvalue weighted by Crippen LogP contribution is -2.38. The van der Waals surface area contributed by atoms with E-state index >= 15 is 0 Å². The number of hydrogen-bond acceptors (Lipinski definition) is 0. The molecule has 4 aliphatic rings. The molecule has 0 amide bonds. The zero-order chi connectivity index (χ0) is 15.1. The van der Waals surface area contributed by atoms with Crippen LogP contribution in [-0.2, 0) is 0 Å². The summed E-state index contributed by atoms with van der Waals surface area (Å²) in [6.45, 7) is 5.44. The predicted molar refractivity (Wildman–Crippen MR) is 103 cm³/mol. The minimum absolute atomic E-state index is 0.362. The second-order valence-electron chi connectivity index (χ2n) is 8.71. The molecule has 4 aliphatic heterocycles. The van der Waals surface area contributed by atoms with Crippen LogP contribution in [0.1, 0.15) is 90.9 Å². The summed E-state index contributed by atoms with van der Waals surface area (Å²) in [6.07, 6.45) is 19.1. The minimum atomic E-state index is 0.362. The van der Waals surface area contributed by atoms with Gasteiger partial charge < -0.3 is 0 Å². The molecule has 2 atom stereocenters. The van der Waals surface area contributed by atoms with Crippen LogP contribution in [0.3, 0.4) is 0 Å². The Labute approximate surface area is 141 Å². The fourth-order valence-corrected chi connectivity index (χ4v) is 16.2. The van der Waals surface area contributed by atoms with Gasteiger partial charge in [-0.2, -0.15) is 0 Å². The van der Waals surface area contributed by atoms with E-state index in [1.165, 1.54) is 22.6 Å². The lowest BCUT2D eigenvalue weighted by Gasteiger charge is -2.53. The summed E-state index contributed by atoms with van der Waals surface area (Å²) in [6, 6.07) is 0. The van der Waals surface area contributed by atoms with Crippen molar-refractivity contribution in [3.63, 3.8) is 0 Å². The minimum Gasteiger partial charge on any atom is -0.0968 e. The van der Waals surface area contributed by atoms with Gasteiger partial charge in [-0.15, -0.1) is 0 Å². The molecular weight excluding hydrogens is 302 g/mol. The molecule has 0 aliphatic carbocycles. The van der Waals surface area contributed by atoms with Crippen molar-refractivity contribution >= 4 is 15.8 Å². The topological polar surface area (TPSA) is 0 Å². The summed E-state index contributed by atoms with van der Waals surface area (Å²) >= 11 is 0. The van der Waals surface area contributed by atoms with Crippen molar-refractivity contribution in [1.29, 1.82) is 0 Å². The zero-order valence-electron chi connectivity index (χ0n) is 14.8. The third-order valence-electron chi connectivity index (χ3n) is 7.62. The van der Waals surface area contributed by atoms with Crippen LogP contribution in [0.25, 0.3) is 0 Å². The largest absolute Gasteiger partial charge is 0.0968 e. The summed E-state index contributed by atoms with van der Waals surface area (Å²) in [4.78, 5) is 0. The van der Waals surface area contributed by atoms with Crippen LogP contribution in [0.4, 0.5) is 0 Å². The monoisotopic (exact) mass is 338 g/mol. The van der Waals surface area contributed by atoms with Crippen molar-refractivity contribution in [2.75, 3.05) is 0 Å². The van der Waals surface area contributed by atoms with Crippen LogP contribution in [0.15, 0.2) is 0 Å². The van der Waals surface area contributed by atoms with Gasteiger partial charge in [-0.05, 0) is 85.3 Å². The van der Waals surface area contributed by atoms with Crippen molar-refractivity contribution in [1.82, 2.24) is 0 Å². The standard InChI is InChI=1S/C20H36P2/c1-15(21-17-7-3-8-18(21)10-4-9-17)16(2)22-19-11-5-12-20(22)14-6-13-19/h15-20H,3-14H2,1-2H3/t15-,16+,17?,18?,19?,20?,21?,22?. The molecule has 0 nitrogen and oxygen atoms in total. The smallest absolute Gasteiger partial charge is 0.0167 e. The van der Waals surface area contributed by atoms with Crippen molar-refractivity contribution in [3.8, 4) is 0 Å². The van der Waals surface area contributed by atoms with E-state index in [0.717, 1.165) is 11.3 Å². The van der Waals surface area contributed by atoms with E-state index in [1.807, 2.05) is 0 Å². The number of rotatable bonds is 3. The summed E-state index contributed by atoms with van der Waals surface area (Å²) < 4.78 is 0. The Bertz CT molecular complexity index is 302. The van der Waals surface area contributed by atoms with E-state index in [4.69, 9.17) is 0 Å². The highest BCUT2D eigenvalue weighted by Crippen LogP contribution is 2.69. The Morgan fingerprint density at radius 1 is 0.500 bits per heavy atom. The molecule has 4 heterocycles. The van der Waals surface area contributed by atoms with E-state index in [9.17, 15) is 0 Å². The van der Waals surface area contributed by atoms with Crippen molar-refractivity contribution < 1.29 is 0 Å². The third kappa shape index (κ3) is 2.94. The molecule has 2 heteroatoms. The molecule has 0 spiro atoms. The van der Waals surface area contributed by atoms with Gasteiger partial charge in [-0.25, -0.2) is 0 Å². The van der Waals surface area contributed by atoms with Gasteiger partial charge in [-0.1, -0.05) is 55.4 Å². The average Bonchev–Trinajstić information content (AvgIpc) is 2.52. The maximum absolute atomic E-state index is 2.72. The number of hydrogen-bond donors (Lipinski definition) is 0. The van der Waals surface area contributed by atoms with E-state index in [1.54, 1.807) is 77.0 Å². The first-order chi connectivity index (χ1) is 10.8. The van der Waals surface area contributed by atoms with Gasteiger partial charge in [0.05, 0.1) is 0 Å². The fourth-order valence-electron chi connectivity index (χ4n) is 6.55. The summed E-state index contributed by atoms with van der Waals surface area (Å²) in [5.41, 5.74) is 6.91. The van der Waals surface area contributed by atoms with Gasteiger partial charge in [0.15, 0.2) is 0 Å². The SMILES string of the molecule is C[C@H]([C@H](C)P1C2CCCC1CCC2)P1C2CCCC1CCC2. The zero-order valence-corrected chi connectivity index (χ0v) is 16.6. The van der Waals surface area contributed by atoms with Crippen LogP contribution in [-0.4, -0.2) is 34.0 Å². The first-order valence-electron chi connectivity index (χ1n) is 10.3. The molecule has 4 fully saturated rings. The highest BCUT2D eigenvalue weighted by Gasteiger charge is 2.45. The molecule has 0 aromatic heterocycles. The average molecular weight is 338 g/mol. The first kappa shape index (κ1) is 16.3. The first-order valence-corrected chi connectivity index (χ1v) is 13.4. The van der Waals surface area contributed by atoms with Crippen LogP contribution in [0.5, 0.6) is 0 Å². The lowest BCUT2D eigenvalue weighted by atomic mass is 9.99.